The van der Waals surface area contributed by atoms with E-state index in [9.17, 15) is 9.59 Å². The maximum Gasteiger partial charge on any atom is 0.271 e. The molecule has 1 aromatic carbocycles. The van der Waals surface area contributed by atoms with Crippen molar-refractivity contribution in [3.8, 4) is 5.82 Å². The fourth-order valence-corrected chi connectivity index (χ4v) is 2.99. The van der Waals surface area contributed by atoms with Crippen LogP contribution in [0.5, 0.6) is 0 Å². The van der Waals surface area contributed by atoms with E-state index in [-0.39, 0.29) is 17.6 Å². The molecule has 0 spiro atoms. The summed E-state index contributed by atoms with van der Waals surface area (Å²) in [7, 11) is 1.54. The van der Waals surface area contributed by atoms with E-state index in [0.29, 0.717) is 16.5 Å². The van der Waals surface area contributed by atoms with Gasteiger partial charge in [-0.2, -0.15) is 0 Å². The molecule has 28 heavy (non-hydrogen) atoms. The Bertz CT molecular complexity index is 1000. The van der Waals surface area contributed by atoms with Gasteiger partial charge in [0.1, 0.15) is 17.0 Å². The van der Waals surface area contributed by atoms with Crippen LogP contribution in [0.15, 0.2) is 47.9 Å². The number of hydrogen-bond acceptors (Lipinski definition) is 6. The first-order valence-electron chi connectivity index (χ1n) is 8.56. The Labute approximate surface area is 166 Å². The third-order valence-corrected chi connectivity index (χ3v) is 4.99. The van der Waals surface area contributed by atoms with Crippen LogP contribution < -0.4 is 10.6 Å². The summed E-state index contributed by atoms with van der Waals surface area (Å²) in [5.74, 6) is 0.386. The third kappa shape index (κ3) is 4.74. The number of nitrogens with zero attached hydrogens (tertiary/aromatic N) is 4. The molecule has 0 fully saturated rings. The highest BCUT2D eigenvalue weighted by Crippen LogP contribution is 2.18. The first-order chi connectivity index (χ1) is 13.5. The zero-order valence-electron chi connectivity index (χ0n) is 15.8. The largest absolute Gasteiger partial charge is 0.354 e. The van der Waals surface area contributed by atoms with Gasteiger partial charge < -0.3 is 10.6 Å². The van der Waals surface area contributed by atoms with Crippen LogP contribution in [0.1, 0.15) is 21.6 Å². The van der Waals surface area contributed by atoms with Gasteiger partial charge in [0.05, 0.1) is 5.75 Å². The van der Waals surface area contributed by atoms with Crippen LogP contribution in [-0.2, 0) is 4.79 Å². The van der Waals surface area contributed by atoms with Gasteiger partial charge in [-0.25, -0.2) is 4.98 Å². The Morgan fingerprint density at radius 3 is 2.61 bits per heavy atom. The van der Waals surface area contributed by atoms with Crippen molar-refractivity contribution in [1.29, 1.82) is 0 Å². The lowest BCUT2D eigenvalue weighted by molar-refractivity contribution is -0.113. The molecule has 0 saturated carbocycles. The van der Waals surface area contributed by atoms with Gasteiger partial charge in [0.25, 0.3) is 5.91 Å². The number of hydrogen-bond donors (Lipinski definition) is 2. The molecule has 2 aromatic heterocycles. The van der Waals surface area contributed by atoms with Crippen LogP contribution in [-0.4, -0.2) is 44.4 Å². The number of carbonyl (C=O) groups is 2. The van der Waals surface area contributed by atoms with E-state index in [1.165, 1.54) is 23.7 Å². The van der Waals surface area contributed by atoms with Crippen molar-refractivity contribution in [3.63, 3.8) is 0 Å². The Morgan fingerprint density at radius 2 is 1.93 bits per heavy atom. The molecule has 2 heterocycles. The SMILES string of the molecule is CNC(=O)c1cn(-c2ccc(SCC(=O)Nc3ccc(C)c(C)c3)nn2)cn1. The van der Waals surface area contributed by atoms with Gasteiger partial charge in [-0.15, -0.1) is 10.2 Å². The highest BCUT2D eigenvalue weighted by molar-refractivity contribution is 7.99. The first-order valence-corrected chi connectivity index (χ1v) is 9.55. The number of aryl methyl sites for hydroxylation is 2. The van der Waals surface area contributed by atoms with Crippen LogP contribution in [0.4, 0.5) is 5.69 Å². The van der Waals surface area contributed by atoms with E-state index >= 15 is 0 Å². The van der Waals surface area contributed by atoms with Gasteiger partial charge in [0.2, 0.25) is 5.91 Å². The number of thioether (sulfide) groups is 1. The number of nitrogens with one attached hydrogen (secondary N) is 2. The zero-order valence-corrected chi connectivity index (χ0v) is 16.6. The number of benzene rings is 1. The fraction of sp³-hybridized carbons (Fsp3) is 0.211. The Hall–Kier alpha value is -3.20. The standard InChI is InChI=1S/C19H20N6O2S/c1-12-4-5-14(8-13(12)2)22-17(26)10-28-18-7-6-16(23-24-18)25-9-15(21-11-25)19(27)20-3/h4-9,11H,10H2,1-3H3,(H,20,27)(H,22,26). The van der Waals surface area contributed by atoms with Crippen molar-refractivity contribution in [3.05, 3.63) is 59.7 Å². The number of imidazole rings is 1. The minimum Gasteiger partial charge on any atom is -0.354 e. The molecule has 2 N–H and O–H groups in total. The summed E-state index contributed by atoms with van der Waals surface area (Å²) in [6.45, 7) is 4.04. The average molecular weight is 396 g/mol. The number of carbonyl (C=O) groups excluding carboxylic acids is 2. The Morgan fingerprint density at radius 1 is 1.11 bits per heavy atom. The summed E-state index contributed by atoms with van der Waals surface area (Å²) in [6.07, 6.45) is 3.07. The smallest absolute Gasteiger partial charge is 0.271 e. The Kier molecular flexibility index (Phi) is 6.05. The molecule has 0 atom stereocenters. The average Bonchev–Trinajstić information content (AvgIpc) is 3.19. The number of amides is 2. The number of rotatable bonds is 6. The van der Waals surface area contributed by atoms with Crippen LogP contribution >= 0.6 is 11.8 Å². The van der Waals surface area contributed by atoms with E-state index in [2.05, 4.69) is 25.8 Å². The molecule has 0 aliphatic heterocycles. The highest BCUT2D eigenvalue weighted by Gasteiger charge is 2.10. The molecule has 3 rings (SSSR count). The van der Waals surface area contributed by atoms with Gasteiger partial charge in [0.15, 0.2) is 5.82 Å². The van der Waals surface area contributed by atoms with Crippen molar-refractivity contribution in [2.24, 2.45) is 0 Å². The molecule has 9 heteroatoms. The normalized spacial score (nSPS) is 10.5. The summed E-state index contributed by atoms with van der Waals surface area (Å²) in [5, 5.41) is 14.3. The van der Waals surface area contributed by atoms with E-state index in [0.717, 1.165) is 11.3 Å². The highest BCUT2D eigenvalue weighted by atomic mass is 32.2. The van der Waals surface area contributed by atoms with Crippen LogP contribution in [0, 0.1) is 13.8 Å². The molecule has 0 radical (unpaired) electrons. The Balaban J connectivity index is 1.56. The molecular weight excluding hydrogens is 376 g/mol. The second-order valence-electron chi connectivity index (χ2n) is 6.11. The van der Waals surface area contributed by atoms with Crippen LogP contribution in [0.2, 0.25) is 0 Å². The summed E-state index contributed by atoms with van der Waals surface area (Å²) < 4.78 is 1.61. The summed E-state index contributed by atoms with van der Waals surface area (Å²) in [4.78, 5) is 27.7. The molecule has 2 amide bonds. The fourth-order valence-electron chi connectivity index (χ4n) is 2.38. The molecular formula is C19H20N6O2S. The van der Waals surface area contributed by atoms with E-state index in [1.807, 2.05) is 32.0 Å². The van der Waals surface area contributed by atoms with E-state index in [4.69, 9.17) is 0 Å². The molecule has 144 valence electrons. The summed E-state index contributed by atoms with van der Waals surface area (Å²) >= 11 is 1.30. The van der Waals surface area contributed by atoms with Gasteiger partial charge in [-0.3, -0.25) is 14.2 Å². The zero-order chi connectivity index (χ0) is 20.1. The lowest BCUT2D eigenvalue weighted by Crippen LogP contribution is -2.18. The second-order valence-corrected chi connectivity index (χ2v) is 7.11. The summed E-state index contributed by atoms with van der Waals surface area (Å²) in [5.41, 5.74) is 3.39. The third-order valence-electron chi connectivity index (χ3n) is 4.07. The topological polar surface area (TPSA) is 102 Å². The first kappa shape index (κ1) is 19.6. The lowest BCUT2D eigenvalue weighted by Gasteiger charge is -2.07. The molecule has 0 bridgehead atoms. The lowest BCUT2D eigenvalue weighted by atomic mass is 10.1. The molecule has 8 nitrogen and oxygen atoms in total. The number of aromatic nitrogens is 4. The van der Waals surface area contributed by atoms with E-state index < -0.39 is 0 Å². The maximum atomic E-state index is 12.1. The number of anilines is 1. The maximum absolute atomic E-state index is 12.1. The van der Waals surface area contributed by atoms with Crippen molar-refractivity contribution < 1.29 is 9.59 Å². The van der Waals surface area contributed by atoms with Crippen molar-refractivity contribution in [1.82, 2.24) is 25.1 Å². The van der Waals surface area contributed by atoms with E-state index in [1.54, 1.807) is 29.9 Å². The van der Waals surface area contributed by atoms with Crippen molar-refractivity contribution >= 4 is 29.3 Å². The minimum absolute atomic E-state index is 0.107. The van der Waals surface area contributed by atoms with Crippen LogP contribution in [0.3, 0.4) is 0 Å². The molecule has 0 saturated heterocycles. The second kappa shape index (κ2) is 8.66. The summed E-state index contributed by atoms with van der Waals surface area (Å²) in [6, 6.07) is 9.35. The van der Waals surface area contributed by atoms with Crippen molar-refractivity contribution in [2.75, 3.05) is 18.1 Å². The molecule has 0 aliphatic carbocycles. The molecule has 3 aromatic rings. The van der Waals surface area contributed by atoms with Crippen LogP contribution in [0.25, 0.3) is 5.82 Å². The minimum atomic E-state index is -0.270. The molecule has 0 aliphatic rings. The van der Waals surface area contributed by atoms with Gasteiger partial charge in [0, 0.05) is 18.9 Å². The predicted octanol–water partition coefficient (Wildman–Crippen LogP) is 2.37. The van der Waals surface area contributed by atoms with Gasteiger partial charge in [-0.1, -0.05) is 17.8 Å². The quantitative estimate of drug-likeness (QED) is 0.620. The van der Waals surface area contributed by atoms with Gasteiger partial charge in [-0.05, 0) is 49.2 Å². The monoisotopic (exact) mass is 396 g/mol. The predicted molar refractivity (Wildman–Crippen MR) is 108 cm³/mol. The van der Waals surface area contributed by atoms with Gasteiger partial charge >= 0.3 is 0 Å². The van der Waals surface area contributed by atoms with Crippen molar-refractivity contribution in [2.45, 2.75) is 18.9 Å². The molecule has 0 unspecified atom stereocenters.